The van der Waals surface area contributed by atoms with E-state index >= 15 is 0 Å². The van der Waals surface area contributed by atoms with Gasteiger partial charge >= 0.3 is 0 Å². The molecule has 1 aromatic carbocycles. The number of nitrogens with zero attached hydrogens (tertiary/aromatic N) is 2. The second kappa shape index (κ2) is 4.47. The largest absolute Gasteiger partial charge is 0.394 e. The Bertz CT molecular complexity index is 464. The van der Waals surface area contributed by atoms with Crippen LogP contribution in [0.5, 0.6) is 0 Å². The Morgan fingerprint density at radius 2 is 2.06 bits per heavy atom. The van der Waals surface area contributed by atoms with E-state index in [0.29, 0.717) is 0 Å². The van der Waals surface area contributed by atoms with E-state index in [4.69, 9.17) is 10.8 Å². The Morgan fingerprint density at radius 1 is 1.38 bits per heavy atom. The van der Waals surface area contributed by atoms with E-state index in [1.807, 2.05) is 41.9 Å². The van der Waals surface area contributed by atoms with Crippen LogP contribution in [0.25, 0.3) is 5.69 Å². The van der Waals surface area contributed by atoms with Gasteiger partial charge in [0.1, 0.15) is 0 Å². The first-order valence-electron chi connectivity index (χ1n) is 5.20. The molecule has 3 N–H and O–H groups in total. The molecule has 0 amide bonds. The first kappa shape index (κ1) is 10.9. The summed E-state index contributed by atoms with van der Waals surface area (Å²) in [7, 11) is 0. The molecular weight excluding hydrogens is 202 g/mol. The number of rotatable bonds is 3. The molecule has 2 rings (SSSR count). The molecule has 16 heavy (non-hydrogen) atoms. The lowest BCUT2D eigenvalue weighted by atomic mass is 10.1. The van der Waals surface area contributed by atoms with Gasteiger partial charge in [-0.15, -0.1) is 0 Å². The van der Waals surface area contributed by atoms with Gasteiger partial charge in [0.2, 0.25) is 0 Å². The molecule has 4 heteroatoms. The summed E-state index contributed by atoms with van der Waals surface area (Å²) < 4.78 is 1.82. The fraction of sp³-hybridized carbons (Fsp3) is 0.250. The second-order valence-corrected chi connectivity index (χ2v) is 3.72. The van der Waals surface area contributed by atoms with Crippen LogP contribution in [0.1, 0.15) is 17.3 Å². The maximum atomic E-state index is 9.03. The molecule has 0 aliphatic heterocycles. The molecule has 0 saturated heterocycles. The minimum absolute atomic E-state index is 0.0681. The zero-order chi connectivity index (χ0) is 11.5. The molecule has 0 fully saturated rings. The molecule has 0 bridgehead atoms. The highest BCUT2D eigenvalue weighted by Crippen LogP contribution is 2.18. The van der Waals surface area contributed by atoms with E-state index in [1.165, 1.54) is 0 Å². The van der Waals surface area contributed by atoms with Gasteiger partial charge in [-0.3, -0.25) is 0 Å². The van der Waals surface area contributed by atoms with E-state index < -0.39 is 0 Å². The summed E-state index contributed by atoms with van der Waals surface area (Å²) in [4.78, 5) is 0. The third-order valence-electron chi connectivity index (χ3n) is 2.64. The number of aliphatic hydroxyl groups is 1. The predicted octanol–water partition coefficient (Wildman–Crippen LogP) is 1.17. The van der Waals surface area contributed by atoms with Crippen LogP contribution in [0, 0.1) is 6.92 Å². The van der Waals surface area contributed by atoms with E-state index in [-0.39, 0.29) is 12.6 Å². The highest BCUT2D eigenvalue weighted by Gasteiger charge is 2.13. The van der Waals surface area contributed by atoms with Crippen molar-refractivity contribution in [2.45, 2.75) is 13.0 Å². The van der Waals surface area contributed by atoms with Crippen LogP contribution < -0.4 is 5.73 Å². The molecular formula is C12H15N3O. The topological polar surface area (TPSA) is 64.1 Å². The lowest BCUT2D eigenvalue weighted by Gasteiger charge is -2.08. The van der Waals surface area contributed by atoms with Crippen LogP contribution in [0.3, 0.4) is 0 Å². The number of aromatic nitrogens is 2. The number of nitrogens with two attached hydrogens (primary N) is 1. The second-order valence-electron chi connectivity index (χ2n) is 3.72. The van der Waals surface area contributed by atoms with E-state index in [2.05, 4.69) is 5.10 Å². The minimum atomic E-state index is -0.363. The monoisotopic (exact) mass is 217 g/mol. The molecule has 1 heterocycles. The number of hydrogen-bond donors (Lipinski definition) is 2. The SMILES string of the molecule is Cc1c(C(N)CO)cnn1-c1ccccc1. The van der Waals surface area contributed by atoms with Gasteiger partial charge in [-0.25, -0.2) is 4.68 Å². The average Bonchev–Trinajstić information content (AvgIpc) is 2.71. The molecule has 4 nitrogen and oxygen atoms in total. The zero-order valence-corrected chi connectivity index (χ0v) is 9.17. The van der Waals surface area contributed by atoms with Crippen molar-refractivity contribution in [1.82, 2.24) is 9.78 Å². The highest BCUT2D eigenvalue weighted by atomic mass is 16.3. The van der Waals surface area contributed by atoms with Crippen molar-refractivity contribution in [3.63, 3.8) is 0 Å². The van der Waals surface area contributed by atoms with Gasteiger partial charge in [0.15, 0.2) is 0 Å². The lowest BCUT2D eigenvalue weighted by Crippen LogP contribution is -2.15. The predicted molar refractivity (Wildman–Crippen MR) is 62.3 cm³/mol. The summed E-state index contributed by atoms with van der Waals surface area (Å²) in [6.07, 6.45) is 1.71. The van der Waals surface area contributed by atoms with Crippen molar-refractivity contribution >= 4 is 0 Å². The Balaban J connectivity index is 2.41. The normalized spacial score (nSPS) is 12.7. The number of hydrogen-bond acceptors (Lipinski definition) is 3. The highest BCUT2D eigenvalue weighted by molar-refractivity contribution is 5.35. The van der Waals surface area contributed by atoms with E-state index in [9.17, 15) is 0 Å². The summed E-state index contributed by atoms with van der Waals surface area (Å²) in [6, 6.07) is 9.48. The molecule has 0 aliphatic rings. The zero-order valence-electron chi connectivity index (χ0n) is 9.17. The van der Waals surface area contributed by atoms with Crippen molar-refractivity contribution in [3.05, 3.63) is 47.8 Å². The minimum Gasteiger partial charge on any atom is -0.394 e. The van der Waals surface area contributed by atoms with Crippen LogP contribution >= 0.6 is 0 Å². The smallest absolute Gasteiger partial charge is 0.0648 e. The number of aliphatic hydroxyl groups excluding tert-OH is 1. The quantitative estimate of drug-likeness (QED) is 0.811. The standard InChI is InChI=1S/C12H15N3O/c1-9-11(12(13)8-16)7-14-15(9)10-5-3-2-4-6-10/h2-7,12,16H,8,13H2,1H3. The average molecular weight is 217 g/mol. The van der Waals surface area contributed by atoms with Crippen molar-refractivity contribution in [2.24, 2.45) is 5.73 Å². The molecule has 0 saturated carbocycles. The Kier molecular flexibility index (Phi) is 3.03. The van der Waals surface area contributed by atoms with Crippen LogP contribution in [0.15, 0.2) is 36.5 Å². The van der Waals surface area contributed by atoms with Crippen molar-refractivity contribution < 1.29 is 5.11 Å². The molecule has 2 aromatic rings. The van der Waals surface area contributed by atoms with Gasteiger partial charge < -0.3 is 10.8 Å². The van der Waals surface area contributed by atoms with Gasteiger partial charge in [0, 0.05) is 11.3 Å². The lowest BCUT2D eigenvalue weighted by molar-refractivity contribution is 0.267. The molecule has 84 valence electrons. The summed E-state index contributed by atoms with van der Waals surface area (Å²) >= 11 is 0. The summed E-state index contributed by atoms with van der Waals surface area (Å²) in [5.41, 5.74) is 8.63. The number of para-hydroxylation sites is 1. The van der Waals surface area contributed by atoms with Gasteiger partial charge in [-0.2, -0.15) is 5.10 Å². The Labute approximate surface area is 94.3 Å². The van der Waals surface area contributed by atoms with Crippen LogP contribution in [0.2, 0.25) is 0 Å². The molecule has 0 spiro atoms. The van der Waals surface area contributed by atoms with Crippen LogP contribution in [-0.4, -0.2) is 21.5 Å². The van der Waals surface area contributed by atoms with Gasteiger partial charge in [-0.05, 0) is 19.1 Å². The Hall–Kier alpha value is -1.65. The summed E-state index contributed by atoms with van der Waals surface area (Å²) in [5, 5.41) is 13.3. The third-order valence-corrected chi connectivity index (χ3v) is 2.64. The van der Waals surface area contributed by atoms with E-state index in [1.54, 1.807) is 6.20 Å². The fourth-order valence-electron chi connectivity index (χ4n) is 1.71. The van der Waals surface area contributed by atoms with Crippen molar-refractivity contribution in [1.29, 1.82) is 0 Å². The first-order chi connectivity index (χ1) is 7.74. The molecule has 1 unspecified atom stereocenters. The van der Waals surface area contributed by atoms with Gasteiger partial charge in [0.25, 0.3) is 0 Å². The van der Waals surface area contributed by atoms with Gasteiger partial charge in [-0.1, -0.05) is 18.2 Å². The molecule has 1 aromatic heterocycles. The van der Waals surface area contributed by atoms with Crippen LogP contribution in [0.4, 0.5) is 0 Å². The third kappa shape index (κ3) is 1.85. The first-order valence-corrected chi connectivity index (χ1v) is 5.20. The number of benzene rings is 1. The maximum absolute atomic E-state index is 9.03. The maximum Gasteiger partial charge on any atom is 0.0648 e. The molecule has 0 radical (unpaired) electrons. The van der Waals surface area contributed by atoms with Crippen LogP contribution in [-0.2, 0) is 0 Å². The van der Waals surface area contributed by atoms with Crippen molar-refractivity contribution in [3.8, 4) is 5.69 Å². The molecule has 1 atom stereocenters. The summed E-state index contributed by atoms with van der Waals surface area (Å²) in [5.74, 6) is 0. The summed E-state index contributed by atoms with van der Waals surface area (Å²) in [6.45, 7) is 1.88. The Morgan fingerprint density at radius 3 is 2.69 bits per heavy atom. The molecule has 0 aliphatic carbocycles. The van der Waals surface area contributed by atoms with E-state index in [0.717, 1.165) is 16.9 Å². The fourth-order valence-corrected chi connectivity index (χ4v) is 1.71. The van der Waals surface area contributed by atoms with Gasteiger partial charge in [0.05, 0.1) is 24.5 Å². The van der Waals surface area contributed by atoms with Crippen molar-refractivity contribution in [2.75, 3.05) is 6.61 Å².